The molecule has 8 atom stereocenters. The molecule has 0 amide bonds. The second kappa shape index (κ2) is 10.9. The van der Waals surface area contributed by atoms with Crippen LogP contribution in [0.25, 0.3) is 0 Å². The van der Waals surface area contributed by atoms with Crippen molar-refractivity contribution in [2.75, 3.05) is 0 Å². The van der Waals surface area contributed by atoms with Gasteiger partial charge in [0.1, 0.15) is 0 Å². The van der Waals surface area contributed by atoms with E-state index in [1.807, 2.05) is 24.6 Å². The molecule has 1 aromatic carbocycles. The number of hydrogen-bond acceptors (Lipinski definition) is 3. The Kier molecular flexibility index (Phi) is 8.23. The fraction of sp³-hybridized carbons (Fsp3) is 0.778. The molecule has 4 aliphatic rings. The van der Waals surface area contributed by atoms with Crippen LogP contribution in [-0.2, 0) is 14.3 Å². The van der Waals surface area contributed by atoms with Gasteiger partial charge < -0.3 is 0 Å². The Hall–Kier alpha value is -1.13. The van der Waals surface area contributed by atoms with Crippen LogP contribution in [0.4, 0.5) is 0 Å². The van der Waals surface area contributed by atoms with Crippen LogP contribution >= 0.6 is 0 Å². The lowest BCUT2D eigenvalue weighted by molar-refractivity contribution is -0.0298. The highest BCUT2D eigenvalue weighted by atomic mass is 32.2. The second-order valence-electron chi connectivity index (χ2n) is 15.5. The second-order valence-corrected chi connectivity index (χ2v) is 17.1. The minimum Gasteiger partial charge on any atom is -0.263 e. The molecule has 0 bridgehead atoms. The number of benzene rings is 1. The first-order chi connectivity index (χ1) is 18.7. The molecule has 0 aliphatic heterocycles. The zero-order chi connectivity index (χ0) is 29.1. The number of aryl methyl sites for hydroxylation is 1. The van der Waals surface area contributed by atoms with E-state index in [1.54, 1.807) is 17.7 Å². The number of allylic oxidation sites excluding steroid dienone is 2. The van der Waals surface area contributed by atoms with Gasteiger partial charge in [0.05, 0.1) is 11.0 Å². The van der Waals surface area contributed by atoms with Gasteiger partial charge in [0.25, 0.3) is 10.1 Å². The minimum absolute atomic E-state index is 0.172. The zero-order valence-electron chi connectivity index (χ0n) is 26.7. The molecule has 0 N–H and O–H groups in total. The van der Waals surface area contributed by atoms with Gasteiger partial charge in [0, 0.05) is 0 Å². The molecule has 0 unspecified atom stereocenters. The summed E-state index contributed by atoms with van der Waals surface area (Å²) in [6.07, 6.45) is 13.4. The lowest BCUT2D eigenvalue weighted by Crippen LogP contribution is -2.52. The molecule has 0 heterocycles. The molecule has 0 radical (unpaired) electrons. The van der Waals surface area contributed by atoms with E-state index in [4.69, 9.17) is 4.18 Å². The molecule has 0 aromatic heterocycles. The van der Waals surface area contributed by atoms with E-state index in [0.29, 0.717) is 16.7 Å². The van der Waals surface area contributed by atoms with E-state index in [0.717, 1.165) is 36.2 Å². The average molecular weight is 569 g/mol. The van der Waals surface area contributed by atoms with Crippen molar-refractivity contribution in [1.29, 1.82) is 0 Å². The minimum atomic E-state index is -3.76. The van der Waals surface area contributed by atoms with E-state index in [2.05, 4.69) is 48.5 Å². The molecule has 224 valence electrons. The predicted octanol–water partition coefficient (Wildman–Crippen LogP) is 9.89. The van der Waals surface area contributed by atoms with Crippen molar-refractivity contribution in [3.63, 3.8) is 0 Å². The largest absolute Gasteiger partial charge is 0.297 e. The third-order valence-corrected chi connectivity index (χ3v) is 14.4. The van der Waals surface area contributed by atoms with Crippen molar-refractivity contribution in [3.05, 3.63) is 41.0 Å². The van der Waals surface area contributed by atoms with Gasteiger partial charge in [-0.2, -0.15) is 8.42 Å². The van der Waals surface area contributed by atoms with Gasteiger partial charge in [-0.05, 0) is 116 Å². The highest BCUT2D eigenvalue weighted by molar-refractivity contribution is 7.86. The molecule has 2 saturated carbocycles. The number of hydrogen-bond donors (Lipinski definition) is 0. The summed E-state index contributed by atoms with van der Waals surface area (Å²) >= 11 is 0. The zero-order valence-corrected chi connectivity index (χ0v) is 27.5. The van der Waals surface area contributed by atoms with Crippen LogP contribution in [0.2, 0.25) is 0 Å². The predicted molar refractivity (Wildman–Crippen MR) is 166 cm³/mol. The summed E-state index contributed by atoms with van der Waals surface area (Å²) in [7, 11) is -3.76. The van der Waals surface area contributed by atoms with Crippen LogP contribution in [0.5, 0.6) is 0 Å². The Balaban J connectivity index is 1.35. The summed E-state index contributed by atoms with van der Waals surface area (Å²) in [5.74, 6) is 3.16. The molecule has 0 spiro atoms. The van der Waals surface area contributed by atoms with Crippen molar-refractivity contribution in [3.8, 4) is 0 Å². The van der Waals surface area contributed by atoms with Crippen LogP contribution in [0, 0.1) is 52.8 Å². The first-order valence-corrected chi connectivity index (χ1v) is 17.9. The quantitative estimate of drug-likeness (QED) is 0.231. The van der Waals surface area contributed by atoms with E-state index < -0.39 is 10.1 Å². The maximum absolute atomic E-state index is 13.2. The summed E-state index contributed by atoms with van der Waals surface area (Å²) in [5, 5.41) is 0. The summed E-state index contributed by atoms with van der Waals surface area (Å²) in [5.41, 5.74) is 5.53. The lowest BCUT2D eigenvalue weighted by atomic mass is 9.45. The first-order valence-electron chi connectivity index (χ1n) is 16.5. The van der Waals surface area contributed by atoms with Crippen molar-refractivity contribution < 1.29 is 12.6 Å². The van der Waals surface area contributed by atoms with Crippen molar-refractivity contribution >= 4 is 10.1 Å². The smallest absolute Gasteiger partial charge is 0.263 e. The molecule has 3 nitrogen and oxygen atoms in total. The van der Waals surface area contributed by atoms with Crippen LogP contribution in [0.1, 0.15) is 125 Å². The van der Waals surface area contributed by atoms with Crippen molar-refractivity contribution in [2.45, 2.75) is 137 Å². The van der Waals surface area contributed by atoms with E-state index >= 15 is 0 Å². The standard InChI is InChI=1S/C36H56O3S/c1-24(2)10-9-11-26(4)29-18-22-36(8)32-17-16-30-27(5)33(39-40(37,38)28-14-12-25(3)13-15-28)20-21-34(30,6)31(32)19-23-35(29,36)7/h12-15,24,26-27,29-30,33H,9-11,16-23H2,1-8H3/t26-,27+,29-,30+,33+,34+,35-,36+/m1/s1. The summed E-state index contributed by atoms with van der Waals surface area (Å²) in [6.45, 7) is 19.3. The van der Waals surface area contributed by atoms with Gasteiger partial charge in [-0.3, -0.25) is 4.18 Å². The van der Waals surface area contributed by atoms with Gasteiger partial charge in [-0.15, -0.1) is 0 Å². The molecular weight excluding hydrogens is 512 g/mol. The average Bonchev–Trinajstić information content (AvgIpc) is 3.17. The molecule has 4 heteroatoms. The first kappa shape index (κ1) is 30.3. The van der Waals surface area contributed by atoms with Gasteiger partial charge in [0.15, 0.2) is 0 Å². The lowest BCUT2D eigenvalue weighted by Gasteiger charge is -2.60. The van der Waals surface area contributed by atoms with Crippen LogP contribution in [-0.4, -0.2) is 14.5 Å². The highest BCUT2D eigenvalue weighted by Gasteiger charge is 2.62. The molecule has 4 aliphatic carbocycles. The van der Waals surface area contributed by atoms with E-state index in [1.165, 1.54) is 57.8 Å². The van der Waals surface area contributed by atoms with Gasteiger partial charge >= 0.3 is 0 Å². The Morgan fingerprint density at radius 3 is 2.27 bits per heavy atom. The van der Waals surface area contributed by atoms with Crippen molar-refractivity contribution in [2.24, 2.45) is 45.8 Å². The summed E-state index contributed by atoms with van der Waals surface area (Å²) in [6, 6.07) is 7.06. The maximum Gasteiger partial charge on any atom is 0.297 e. The monoisotopic (exact) mass is 568 g/mol. The third kappa shape index (κ3) is 4.95. The van der Waals surface area contributed by atoms with Crippen molar-refractivity contribution in [1.82, 2.24) is 0 Å². The van der Waals surface area contributed by atoms with Crippen LogP contribution in [0.15, 0.2) is 40.3 Å². The highest BCUT2D eigenvalue weighted by Crippen LogP contribution is 2.71. The number of fused-ring (bicyclic) bond motifs is 4. The molecule has 40 heavy (non-hydrogen) atoms. The molecule has 1 aromatic rings. The molecular formula is C36H56O3S. The fourth-order valence-corrected chi connectivity index (χ4v) is 11.5. The topological polar surface area (TPSA) is 43.4 Å². The molecule has 2 fully saturated rings. The Labute approximate surface area is 246 Å². The van der Waals surface area contributed by atoms with Gasteiger partial charge in [-0.1, -0.05) is 96.6 Å². The van der Waals surface area contributed by atoms with E-state index in [-0.39, 0.29) is 22.3 Å². The normalized spacial score (nSPS) is 38.6. The Morgan fingerprint density at radius 1 is 0.900 bits per heavy atom. The van der Waals surface area contributed by atoms with Gasteiger partial charge in [-0.25, -0.2) is 0 Å². The third-order valence-electron chi connectivity index (χ3n) is 13.0. The summed E-state index contributed by atoms with van der Waals surface area (Å²) in [4.78, 5) is 0.279. The Bertz CT molecular complexity index is 1210. The van der Waals surface area contributed by atoms with Gasteiger partial charge in [0.2, 0.25) is 0 Å². The van der Waals surface area contributed by atoms with Crippen LogP contribution in [0.3, 0.4) is 0 Å². The Morgan fingerprint density at radius 2 is 1.60 bits per heavy atom. The maximum atomic E-state index is 13.2. The SMILES string of the molecule is Cc1ccc(S(=O)(=O)O[C@H]2CC[C@]3(C)C4=C(CC[C@H]3[C@@H]2C)[C@]2(C)CC[C@H]([C@H](C)CCCC(C)C)[C@@]2(C)CC4)cc1. The fourth-order valence-electron chi connectivity index (χ4n) is 10.3. The molecule has 5 rings (SSSR count). The van der Waals surface area contributed by atoms with E-state index in [9.17, 15) is 8.42 Å². The van der Waals surface area contributed by atoms with Crippen LogP contribution < -0.4 is 0 Å². The number of rotatable bonds is 8. The molecule has 0 saturated heterocycles. The summed E-state index contributed by atoms with van der Waals surface area (Å²) < 4.78 is 32.4.